The van der Waals surface area contributed by atoms with Gasteiger partial charge in [-0.3, -0.25) is 0 Å². The Bertz CT molecular complexity index is 398. The fraction of sp³-hybridized carbons (Fsp3) is 0.400. The second-order valence-corrected chi connectivity index (χ2v) is 3.12. The third kappa shape index (κ3) is 3.21. The zero-order chi connectivity index (χ0) is 12.2. The van der Waals surface area contributed by atoms with Gasteiger partial charge in [-0.05, 0) is 13.0 Å². The van der Waals surface area contributed by atoms with Crippen LogP contribution in [0.15, 0.2) is 18.3 Å². The lowest BCUT2D eigenvalue weighted by molar-refractivity contribution is -0.217. The Morgan fingerprint density at radius 2 is 2.25 bits per heavy atom. The second-order valence-electron chi connectivity index (χ2n) is 3.12. The average Bonchev–Trinajstić information content (AvgIpc) is 2.24. The smallest absolute Gasteiger partial charge is 0.364 e. The van der Waals surface area contributed by atoms with Crippen LogP contribution in [-0.4, -0.2) is 17.3 Å². The highest BCUT2D eigenvalue weighted by atomic mass is 19.4. The number of ether oxygens (including phenoxy) is 1. The zero-order valence-corrected chi connectivity index (χ0v) is 8.45. The van der Waals surface area contributed by atoms with Gasteiger partial charge < -0.3 is 4.74 Å². The molecule has 86 valence electrons. The maximum atomic E-state index is 12.1. The highest BCUT2D eigenvalue weighted by Gasteiger charge is 2.36. The molecule has 0 aliphatic rings. The third-order valence-electron chi connectivity index (χ3n) is 1.95. The topological polar surface area (TPSA) is 45.9 Å². The van der Waals surface area contributed by atoms with Crippen molar-refractivity contribution in [2.24, 2.45) is 0 Å². The fourth-order valence-electron chi connectivity index (χ4n) is 0.965. The van der Waals surface area contributed by atoms with Crippen molar-refractivity contribution in [3.8, 4) is 6.07 Å². The molecule has 0 saturated carbocycles. The number of nitrogens with zero attached hydrogens (tertiary/aromatic N) is 2. The van der Waals surface area contributed by atoms with Gasteiger partial charge in [0, 0.05) is 11.8 Å². The van der Waals surface area contributed by atoms with E-state index in [0.29, 0.717) is 5.56 Å². The molecule has 0 saturated heterocycles. The van der Waals surface area contributed by atoms with Crippen molar-refractivity contribution in [3.63, 3.8) is 0 Å². The molecule has 0 aromatic carbocycles. The van der Waals surface area contributed by atoms with Gasteiger partial charge in [-0.2, -0.15) is 18.4 Å². The molecule has 1 atom stereocenters. The Morgan fingerprint density at radius 3 is 2.81 bits per heavy atom. The Balaban J connectivity index is 2.66. The van der Waals surface area contributed by atoms with E-state index in [4.69, 9.17) is 5.26 Å². The summed E-state index contributed by atoms with van der Waals surface area (Å²) in [6, 6.07) is 4.83. The predicted molar refractivity (Wildman–Crippen MR) is 49.3 cm³/mol. The molecular weight excluding hydrogens is 221 g/mol. The van der Waals surface area contributed by atoms with Gasteiger partial charge in [0.05, 0.1) is 6.61 Å². The standard InChI is InChI=1S/C10H9F3N2O/c1-7(10(11,12)13)16-6-8-3-2-4-15-9(8)5-14/h2-4,7H,6H2,1H3. The van der Waals surface area contributed by atoms with Crippen LogP contribution < -0.4 is 0 Å². The van der Waals surface area contributed by atoms with E-state index in [9.17, 15) is 13.2 Å². The molecule has 0 amide bonds. The number of pyridine rings is 1. The molecular formula is C10H9F3N2O. The molecule has 1 aromatic rings. The van der Waals surface area contributed by atoms with Gasteiger partial charge in [0.1, 0.15) is 11.8 Å². The van der Waals surface area contributed by atoms with Crippen molar-refractivity contribution in [1.82, 2.24) is 4.98 Å². The van der Waals surface area contributed by atoms with Crippen LogP contribution in [0.2, 0.25) is 0 Å². The summed E-state index contributed by atoms with van der Waals surface area (Å²) in [6.45, 7) is 0.639. The highest BCUT2D eigenvalue weighted by molar-refractivity contribution is 5.29. The molecule has 6 heteroatoms. The lowest BCUT2D eigenvalue weighted by Gasteiger charge is -2.16. The van der Waals surface area contributed by atoms with Gasteiger partial charge in [-0.25, -0.2) is 4.98 Å². The summed E-state index contributed by atoms with van der Waals surface area (Å²) in [4.78, 5) is 3.71. The average molecular weight is 230 g/mol. The van der Waals surface area contributed by atoms with Crippen LogP contribution in [0.3, 0.4) is 0 Å². The minimum absolute atomic E-state index is 0.0804. The summed E-state index contributed by atoms with van der Waals surface area (Å²) in [5.74, 6) is 0. The normalized spacial score (nSPS) is 13.2. The quantitative estimate of drug-likeness (QED) is 0.801. The van der Waals surface area contributed by atoms with Crippen molar-refractivity contribution >= 4 is 0 Å². The number of rotatable bonds is 3. The van der Waals surface area contributed by atoms with Crippen LogP contribution in [0, 0.1) is 11.3 Å². The Hall–Kier alpha value is -1.61. The number of hydrogen-bond acceptors (Lipinski definition) is 3. The van der Waals surface area contributed by atoms with Crippen molar-refractivity contribution in [2.45, 2.75) is 25.8 Å². The number of hydrogen-bond donors (Lipinski definition) is 0. The van der Waals surface area contributed by atoms with Crippen molar-refractivity contribution in [1.29, 1.82) is 5.26 Å². The van der Waals surface area contributed by atoms with E-state index >= 15 is 0 Å². The van der Waals surface area contributed by atoms with Crippen LogP contribution in [0.1, 0.15) is 18.2 Å². The SMILES string of the molecule is CC(OCc1cccnc1C#N)C(F)(F)F. The summed E-state index contributed by atoms with van der Waals surface area (Å²) >= 11 is 0. The van der Waals surface area contributed by atoms with Gasteiger partial charge in [0.25, 0.3) is 0 Å². The monoisotopic (exact) mass is 230 g/mol. The summed E-state index contributed by atoms with van der Waals surface area (Å²) in [7, 11) is 0. The van der Waals surface area contributed by atoms with Crippen LogP contribution >= 0.6 is 0 Å². The maximum absolute atomic E-state index is 12.1. The van der Waals surface area contributed by atoms with Crippen molar-refractivity contribution < 1.29 is 17.9 Å². The van der Waals surface area contributed by atoms with Gasteiger partial charge in [-0.15, -0.1) is 0 Å². The molecule has 0 radical (unpaired) electrons. The lowest BCUT2D eigenvalue weighted by atomic mass is 10.2. The first-order chi connectivity index (χ1) is 7.45. The first-order valence-electron chi connectivity index (χ1n) is 4.47. The zero-order valence-electron chi connectivity index (χ0n) is 8.45. The Morgan fingerprint density at radius 1 is 1.56 bits per heavy atom. The van der Waals surface area contributed by atoms with Crippen LogP contribution in [0.4, 0.5) is 13.2 Å². The number of nitriles is 1. The van der Waals surface area contributed by atoms with Crippen LogP contribution in [0.5, 0.6) is 0 Å². The van der Waals surface area contributed by atoms with E-state index in [2.05, 4.69) is 9.72 Å². The van der Waals surface area contributed by atoms with E-state index in [-0.39, 0.29) is 12.3 Å². The van der Waals surface area contributed by atoms with Gasteiger partial charge >= 0.3 is 6.18 Å². The minimum Gasteiger partial charge on any atom is -0.364 e. The number of alkyl halides is 3. The largest absolute Gasteiger partial charge is 0.414 e. The second kappa shape index (κ2) is 4.94. The molecule has 3 nitrogen and oxygen atoms in total. The van der Waals surface area contributed by atoms with Gasteiger partial charge in [0.2, 0.25) is 0 Å². The summed E-state index contributed by atoms with van der Waals surface area (Å²) < 4.78 is 41.0. The van der Waals surface area contributed by atoms with Crippen molar-refractivity contribution in [2.75, 3.05) is 0 Å². The molecule has 1 rings (SSSR count). The molecule has 0 fully saturated rings. The molecule has 0 bridgehead atoms. The summed E-state index contributed by atoms with van der Waals surface area (Å²) in [5, 5.41) is 8.65. The van der Waals surface area contributed by atoms with E-state index in [1.165, 1.54) is 18.3 Å². The summed E-state index contributed by atoms with van der Waals surface area (Å²) in [6.07, 6.45) is -4.86. The molecule has 0 aliphatic heterocycles. The van der Waals surface area contributed by atoms with Crippen LogP contribution in [0.25, 0.3) is 0 Å². The molecule has 0 N–H and O–H groups in total. The third-order valence-corrected chi connectivity index (χ3v) is 1.95. The van der Waals surface area contributed by atoms with E-state index in [1.807, 2.05) is 0 Å². The molecule has 16 heavy (non-hydrogen) atoms. The molecule has 1 unspecified atom stereocenters. The van der Waals surface area contributed by atoms with E-state index in [0.717, 1.165) is 6.92 Å². The first kappa shape index (κ1) is 12.5. The predicted octanol–water partition coefficient (Wildman–Crippen LogP) is 2.42. The molecule has 0 spiro atoms. The van der Waals surface area contributed by atoms with E-state index < -0.39 is 12.3 Å². The first-order valence-corrected chi connectivity index (χ1v) is 4.47. The minimum atomic E-state index is -4.39. The summed E-state index contributed by atoms with van der Waals surface area (Å²) in [5.41, 5.74) is 0.429. The van der Waals surface area contributed by atoms with Gasteiger partial charge in [-0.1, -0.05) is 6.07 Å². The molecule has 1 aromatic heterocycles. The molecule has 1 heterocycles. The highest BCUT2D eigenvalue weighted by Crippen LogP contribution is 2.23. The molecule has 0 aliphatic carbocycles. The Labute approximate surface area is 90.5 Å². The fourth-order valence-corrected chi connectivity index (χ4v) is 0.965. The number of aromatic nitrogens is 1. The van der Waals surface area contributed by atoms with E-state index in [1.54, 1.807) is 6.07 Å². The number of halogens is 3. The van der Waals surface area contributed by atoms with Gasteiger partial charge in [0.15, 0.2) is 6.10 Å². The Kier molecular flexibility index (Phi) is 3.85. The van der Waals surface area contributed by atoms with Crippen LogP contribution in [-0.2, 0) is 11.3 Å². The maximum Gasteiger partial charge on any atom is 0.414 e. The lowest BCUT2D eigenvalue weighted by Crippen LogP contribution is -2.28. The van der Waals surface area contributed by atoms with Crippen molar-refractivity contribution in [3.05, 3.63) is 29.6 Å².